The standard InChI is InChI=1S/C9H6F5NO2/c10-5-2-7(15)6(11)1-4(5)8(16)17-3-9(12,13)14/h1-2H,3,15H2. The molecule has 94 valence electrons. The molecule has 0 aromatic heterocycles. The Balaban J connectivity index is 2.86. The van der Waals surface area contributed by atoms with E-state index in [2.05, 4.69) is 4.74 Å². The summed E-state index contributed by atoms with van der Waals surface area (Å²) in [6.45, 7) is -1.88. The van der Waals surface area contributed by atoms with Gasteiger partial charge in [0.15, 0.2) is 6.61 Å². The summed E-state index contributed by atoms with van der Waals surface area (Å²) < 4.78 is 64.8. The number of carbonyl (C=O) groups is 1. The topological polar surface area (TPSA) is 52.3 Å². The van der Waals surface area contributed by atoms with Crippen LogP contribution in [0.1, 0.15) is 10.4 Å². The van der Waals surface area contributed by atoms with Gasteiger partial charge in [-0.1, -0.05) is 0 Å². The van der Waals surface area contributed by atoms with Crippen molar-refractivity contribution in [1.82, 2.24) is 0 Å². The molecule has 1 aromatic rings. The maximum Gasteiger partial charge on any atom is 0.422 e. The van der Waals surface area contributed by atoms with Gasteiger partial charge >= 0.3 is 12.1 Å². The SMILES string of the molecule is Nc1cc(F)c(C(=O)OCC(F)(F)F)cc1F. The van der Waals surface area contributed by atoms with Crippen LogP contribution in [0.2, 0.25) is 0 Å². The van der Waals surface area contributed by atoms with Crippen LogP contribution in [0.25, 0.3) is 0 Å². The number of hydrogen-bond donors (Lipinski definition) is 1. The van der Waals surface area contributed by atoms with Crippen molar-refractivity contribution in [3.05, 3.63) is 29.3 Å². The number of nitrogens with two attached hydrogens (primary N) is 1. The molecule has 0 spiro atoms. The van der Waals surface area contributed by atoms with Gasteiger partial charge in [0.2, 0.25) is 0 Å². The maximum atomic E-state index is 13.1. The first-order valence-electron chi connectivity index (χ1n) is 4.19. The Morgan fingerprint density at radius 2 is 1.82 bits per heavy atom. The van der Waals surface area contributed by atoms with Crippen molar-refractivity contribution >= 4 is 11.7 Å². The second-order valence-electron chi connectivity index (χ2n) is 3.04. The highest BCUT2D eigenvalue weighted by atomic mass is 19.4. The fraction of sp³-hybridized carbons (Fsp3) is 0.222. The maximum absolute atomic E-state index is 13.1. The number of benzene rings is 1. The van der Waals surface area contributed by atoms with Crippen molar-refractivity contribution in [2.24, 2.45) is 0 Å². The molecule has 1 aromatic carbocycles. The Hall–Kier alpha value is -1.86. The fourth-order valence-electron chi connectivity index (χ4n) is 0.944. The summed E-state index contributed by atoms with van der Waals surface area (Å²) >= 11 is 0. The lowest BCUT2D eigenvalue weighted by atomic mass is 10.2. The van der Waals surface area contributed by atoms with E-state index in [1.54, 1.807) is 0 Å². The lowest BCUT2D eigenvalue weighted by molar-refractivity contribution is -0.161. The minimum atomic E-state index is -4.74. The van der Waals surface area contributed by atoms with Crippen LogP contribution in [0.15, 0.2) is 12.1 Å². The zero-order valence-corrected chi connectivity index (χ0v) is 8.15. The first kappa shape index (κ1) is 13.2. The van der Waals surface area contributed by atoms with Gasteiger partial charge in [0.25, 0.3) is 0 Å². The average molecular weight is 255 g/mol. The van der Waals surface area contributed by atoms with Crippen LogP contribution in [0, 0.1) is 11.6 Å². The number of esters is 1. The Morgan fingerprint density at radius 1 is 1.24 bits per heavy atom. The highest BCUT2D eigenvalue weighted by molar-refractivity contribution is 5.90. The van der Waals surface area contributed by atoms with Crippen molar-refractivity contribution in [2.75, 3.05) is 12.3 Å². The van der Waals surface area contributed by atoms with E-state index in [1.165, 1.54) is 0 Å². The minimum absolute atomic E-state index is 0.378. The number of carbonyl (C=O) groups excluding carboxylic acids is 1. The van der Waals surface area contributed by atoms with E-state index in [9.17, 15) is 26.7 Å². The predicted octanol–water partition coefficient (Wildman–Crippen LogP) is 2.27. The number of ether oxygens (including phenoxy) is 1. The van der Waals surface area contributed by atoms with E-state index in [4.69, 9.17) is 5.73 Å². The van der Waals surface area contributed by atoms with Crippen LogP contribution in [-0.4, -0.2) is 18.8 Å². The quantitative estimate of drug-likeness (QED) is 0.501. The first-order valence-corrected chi connectivity index (χ1v) is 4.19. The summed E-state index contributed by atoms with van der Waals surface area (Å²) in [6.07, 6.45) is -4.74. The Morgan fingerprint density at radius 3 is 2.35 bits per heavy atom. The van der Waals surface area contributed by atoms with Gasteiger partial charge in [-0.15, -0.1) is 0 Å². The summed E-state index contributed by atoms with van der Waals surface area (Å²) in [6, 6.07) is 0.864. The second kappa shape index (κ2) is 4.56. The molecule has 0 bridgehead atoms. The second-order valence-corrected chi connectivity index (χ2v) is 3.04. The van der Waals surface area contributed by atoms with Crippen LogP contribution in [0.3, 0.4) is 0 Å². The van der Waals surface area contributed by atoms with E-state index < -0.39 is 41.6 Å². The molecule has 0 saturated carbocycles. The highest BCUT2D eigenvalue weighted by Crippen LogP contribution is 2.19. The molecular weight excluding hydrogens is 249 g/mol. The monoisotopic (exact) mass is 255 g/mol. The fourth-order valence-corrected chi connectivity index (χ4v) is 0.944. The number of nitrogen functional groups attached to an aromatic ring is 1. The molecule has 0 saturated heterocycles. The van der Waals surface area contributed by atoms with E-state index >= 15 is 0 Å². The van der Waals surface area contributed by atoms with Gasteiger partial charge in [-0.2, -0.15) is 13.2 Å². The van der Waals surface area contributed by atoms with Crippen LogP contribution in [0.4, 0.5) is 27.6 Å². The third kappa shape index (κ3) is 3.58. The molecule has 0 aliphatic carbocycles. The van der Waals surface area contributed by atoms with E-state index in [1.807, 2.05) is 0 Å². The molecule has 0 fully saturated rings. The van der Waals surface area contributed by atoms with E-state index in [0.29, 0.717) is 12.1 Å². The highest BCUT2D eigenvalue weighted by Gasteiger charge is 2.30. The van der Waals surface area contributed by atoms with Crippen LogP contribution >= 0.6 is 0 Å². The molecule has 1 rings (SSSR count). The van der Waals surface area contributed by atoms with Gasteiger partial charge < -0.3 is 10.5 Å². The lowest BCUT2D eigenvalue weighted by Gasteiger charge is -2.08. The van der Waals surface area contributed by atoms with Gasteiger partial charge in [-0.25, -0.2) is 13.6 Å². The van der Waals surface area contributed by atoms with Crippen molar-refractivity contribution in [3.63, 3.8) is 0 Å². The Bertz CT molecular complexity index is 444. The molecule has 17 heavy (non-hydrogen) atoms. The third-order valence-electron chi connectivity index (χ3n) is 1.67. The minimum Gasteiger partial charge on any atom is -0.452 e. The lowest BCUT2D eigenvalue weighted by Crippen LogP contribution is -2.21. The van der Waals surface area contributed by atoms with Crippen molar-refractivity contribution in [3.8, 4) is 0 Å². The zero-order chi connectivity index (χ0) is 13.2. The van der Waals surface area contributed by atoms with Gasteiger partial charge in [0.1, 0.15) is 11.6 Å². The van der Waals surface area contributed by atoms with Gasteiger partial charge in [-0.3, -0.25) is 0 Å². The third-order valence-corrected chi connectivity index (χ3v) is 1.67. The summed E-state index contributed by atoms with van der Waals surface area (Å²) in [5.41, 5.74) is 3.48. The molecule has 0 aliphatic heterocycles. The Kier molecular flexibility index (Phi) is 3.54. The van der Waals surface area contributed by atoms with Gasteiger partial charge in [0, 0.05) is 6.07 Å². The average Bonchev–Trinajstić information content (AvgIpc) is 2.19. The number of rotatable bonds is 2. The molecule has 3 nitrogen and oxygen atoms in total. The first-order chi connectivity index (χ1) is 7.70. The smallest absolute Gasteiger partial charge is 0.422 e. The largest absolute Gasteiger partial charge is 0.452 e. The summed E-state index contributed by atoms with van der Waals surface area (Å²) in [7, 11) is 0. The number of hydrogen-bond acceptors (Lipinski definition) is 3. The molecule has 0 radical (unpaired) electrons. The summed E-state index contributed by atoms with van der Waals surface area (Å²) in [5, 5.41) is 0. The van der Waals surface area contributed by atoms with Gasteiger partial charge in [0.05, 0.1) is 11.3 Å². The zero-order valence-electron chi connectivity index (χ0n) is 8.15. The van der Waals surface area contributed by atoms with Crippen LogP contribution < -0.4 is 5.73 Å². The molecular formula is C9H6F5NO2. The van der Waals surface area contributed by atoms with Crippen molar-refractivity contribution < 1.29 is 31.5 Å². The number of halogens is 5. The molecule has 8 heteroatoms. The Labute approximate surface area is 92.0 Å². The molecule has 2 N–H and O–H groups in total. The molecule has 0 amide bonds. The molecule has 0 heterocycles. The summed E-state index contributed by atoms with van der Waals surface area (Å²) in [4.78, 5) is 11.0. The normalized spacial score (nSPS) is 11.4. The van der Waals surface area contributed by atoms with E-state index in [0.717, 1.165) is 0 Å². The summed E-state index contributed by atoms with van der Waals surface area (Å²) in [5.74, 6) is -3.99. The van der Waals surface area contributed by atoms with Crippen molar-refractivity contribution in [1.29, 1.82) is 0 Å². The van der Waals surface area contributed by atoms with Crippen LogP contribution in [0.5, 0.6) is 0 Å². The number of anilines is 1. The van der Waals surface area contributed by atoms with Crippen LogP contribution in [-0.2, 0) is 4.74 Å². The molecule has 0 aliphatic rings. The number of alkyl halides is 3. The molecule has 0 unspecified atom stereocenters. The van der Waals surface area contributed by atoms with Gasteiger partial charge in [-0.05, 0) is 6.07 Å². The molecule has 0 atom stereocenters. The van der Waals surface area contributed by atoms with E-state index in [-0.39, 0.29) is 0 Å². The predicted molar refractivity (Wildman–Crippen MR) is 47.1 cm³/mol. The van der Waals surface area contributed by atoms with Crippen molar-refractivity contribution in [2.45, 2.75) is 6.18 Å².